The quantitative estimate of drug-likeness (QED) is 0.466. The number of amides is 1. The third-order valence-corrected chi connectivity index (χ3v) is 5.50. The molecule has 1 amide bonds. The highest BCUT2D eigenvalue weighted by Crippen LogP contribution is 2.33. The van der Waals surface area contributed by atoms with E-state index >= 15 is 0 Å². The van der Waals surface area contributed by atoms with Gasteiger partial charge in [0, 0.05) is 15.8 Å². The fourth-order valence-electron chi connectivity index (χ4n) is 2.33. The fraction of sp³-hybridized carbons (Fsp3) is 0.0588. The summed E-state index contributed by atoms with van der Waals surface area (Å²) in [7, 11) is 0. The molecule has 0 saturated heterocycles. The molecule has 0 atom stereocenters. The highest BCUT2D eigenvalue weighted by Gasteiger charge is 2.31. The van der Waals surface area contributed by atoms with E-state index in [1.807, 2.05) is 0 Å². The number of anilines is 2. The van der Waals surface area contributed by atoms with Gasteiger partial charge in [-0.1, -0.05) is 33.3 Å². The van der Waals surface area contributed by atoms with Crippen molar-refractivity contribution in [3.8, 4) is 5.69 Å². The van der Waals surface area contributed by atoms with Crippen molar-refractivity contribution in [2.24, 2.45) is 0 Å². The van der Waals surface area contributed by atoms with Gasteiger partial charge in [0.2, 0.25) is 0 Å². The van der Waals surface area contributed by atoms with Crippen molar-refractivity contribution in [3.05, 3.63) is 67.4 Å². The number of carbonyl (C=O) groups is 1. The predicted octanol–water partition coefficient (Wildman–Crippen LogP) is 5.88. The second-order valence-corrected chi connectivity index (χ2v) is 7.99. The Morgan fingerprint density at radius 3 is 2.48 bits per heavy atom. The Kier molecular flexibility index (Phi) is 5.41. The molecule has 0 saturated carbocycles. The molecule has 0 bridgehead atoms. The number of hydrogen-bond donors (Lipinski definition) is 2. The number of hydrogen-bond acceptors (Lipinski definition) is 4. The lowest BCUT2D eigenvalue weighted by Crippen LogP contribution is -2.13. The monoisotopic (exact) mass is 473 g/mol. The highest BCUT2D eigenvalue weighted by atomic mass is 79.9. The number of thiazole rings is 1. The summed E-state index contributed by atoms with van der Waals surface area (Å²) < 4.78 is 41.2. The topological polar surface area (TPSA) is 60.1 Å². The first-order valence-electron chi connectivity index (χ1n) is 7.42. The van der Waals surface area contributed by atoms with E-state index in [9.17, 15) is 18.0 Å². The molecule has 3 N–H and O–H groups in total. The molecular weight excluding hydrogens is 463 g/mol. The van der Waals surface area contributed by atoms with Crippen LogP contribution in [0.3, 0.4) is 0 Å². The molecule has 2 aromatic carbocycles. The van der Waals surface area contributed by atoms with Crippen LogP contribution in [-0.2, 0) is 6.18 Å². The van der Waals surface area contributed by atoms with Gasteiger partial charge >= 0.3 is 6.18 Å². The lowest BCUT2D eigenvalue weighted by atomic mass is 10.2. The van der Waals surface area contributed by atoms with Crippen molar-refractivity contribution in [2.75, 3.05) is 11.1 Å². The molecule has 0 aliphatic carbocycles. The van der Waals surface area contributed by atoms with Gasteiger partial charge in [0.05, 0.1) is 5.56 Å². The summed E-state index contributed by atoms with van der Waals surface area (Å²) in [5, 5.41) is 2.68. The summed E-state index contributed by atoms with van der Waals surface area (Å²) in [6.07, 6.45) is -4.50. The summed E-state index contributed by atoms with van der Waals surface area (Å²) in [4.78, 5) is 12.6. The van der Waals surface area contributed by atoms with Gasteiger partial charge in [-0.05, 0) is 54.7 Å². The Hall–Kier alpha value is -2.17. The van der Waals surface area contributed by atoms with E-state index in [-0.39, 0.29) is 20.3 Å². The van der Waals surface area contributed by atoms with Gasteiger partial charge in [-0.3, -0.25) is 9.36 Å². The van der Waals surface area contributed by atoms with Crippen molar-refractivity contribution in [2.45, 2.75) is 6.18 Å². The Morgan fingerprint density at radius 2 is 1.85 bits per heavy atom. The Bertz CT molecular complexity index is 1060. The maximum atomic E-state index is 13.0. The van der Waals surface area contributed by atoms with E-state index < -0.39 is 17.6 Å². The van der Waals surface area contributed by atoms with Crippen LogP contribution in [0.25, 0.3) is 5.69 Å². The molecule has 27 heavy (non-hydrogen) atoms. The van der Waals surface area contributed by atoms with E-state index in [0.717, 1.165) is 27.9 Å². The first kappa shape index (κ1) is 19.6. The van der Waals surface area contributed by atoms with Crippen LogP contribution >= 0.6 is 39.5 Å². The molecule has 0 fully saturated rings. The van der Waals surface area contributed by atoms with Crippen LogP contribution in [0.4, 0.5) is 24.7 Å². The van der Waals surface area contributed by atoms with Crippen molar-refractivity contribution in [1.82, 2.24) is 4.57 Å². The first-order valence-corrected chi connectivity index (χ1v) is 9.44. The molecule has 10 heteroatoms. The number of aromatic nitrogens is 1. The zero-order valence-electron chi connectivity index (χ0n) is 13.4. The minimum atomic E-state index is -4.50. The van der Waals surface area contributed by atoms with E-state index in [0.29, 0.717) is 5.69 Å². The molecular formula is C17H11BrF3N3OS2. The second kappa shape index (κ2) is 7.45. The zero-order valence-corrected chi connectivity index (χ0v) is 16.6. The molecule has 4 nitrogen and oxygen atoms in total. The van der Waals surface area contributed by atoms with Gasteiger partial charge in [0.25, 0.3) is 5.91 Å². The molecule has 3 rings (SSSR count). The number of nitrogens with one attached hydrogen (secondary N) is 1. The fourth-order valence-corrected chi connectivity index (χ4v) is 3.86. The van der Waals surface area contributed by atoms with Crippen LogP contribution in [0, 0.1) is 3.95 Å². The van der Waals surface area contributed by atoms with E-state index in [2.05, 4.69) is 21.2 Å². The maximum absolute atomic E-state index is 13.0. The molecule has 0 aliphatic heterocycles. The second-order valence-electron chi connectivity index (χ2n) is 5.43. The number of nitrogens with two attached hydrogens (primary N) is 1. The number of nitrogens with zero attached hydrogens (tertiary/aromatic N) is 1. The average molecular weight is 474 g/mol. The van der Waals surface area contributed by atoms with E-state index in [1.54, 1.807) is 24.3 Å². The molecule has 0 radical (unpaired) electrons. The van der Waals surface area contributed by atoms with Crippen LogP contribution in [0.15, 0.2) is 53.0 Å². The first-order chi connectivity index (χ1) is 12.7. The third-order valence-electron chi connectivity index (χ3n) is 3.59. The van der Waals surface area contributed by atoms with Gasteiger partial charge in [-0.15, -0.1) is 0 Å². The van der Waals surface area contributed by atoms with Crippen molar-refractivity contribution >= 4 is 56.9 Å². The SMILES string of the molecule is Nc1c(C(=O)Nc2ccc(Br)cc2)sc(=S)n1-c1cccc(C(F)(F)F)c1. The summed E-state index contributed by atoms with van der Waals surface area (Å²) in [6, 6.07) is 11.5. The van der Waals surface area contributed by atoms with Crippen LogP contribution in [0.2, 0.25) is 0 Å². The number of halogens is 4. The van der Waals surface area contributed by atoms with E-state index in [1.165, 1.54) is 16.7 Å². The summed E-state index contributed by atoms with van der Waals surface area (Å²) >= 11 is 9.44. The Balaban J connectivity index is 1.97. The summed E-state index contributed by atoms with van der Waals surface area (Å²) in [5.41, 5.74) is 5.90. The number of carbonyl (C=O) groups excluding carboxylic acids is 1. The number of rotatable bonds is 3. The van der Waals surface area contributed by atoms with E-state index in [4.69, 9.17) is 18.0 Å². The van der Waals surface area contributed by atoms with Crippen LogP contribution in [-0.4, -0.2) is 10.5 Å². The van der Waals surface area contributed by atoms with Crippen LogP contribution < -0.4 is 11.1 Å². The highest BCUT2D eigenvalue weighted by molar-refractivity contribution is 9.10. The van der Waals surface area contributed by atoms with Gasteiger partial charge < -0.3 is 11.1 Å². The molecule has 140 valence electrons. The molecule has 0 unspecified atom stereocenters. The minimum Gasteiger partial charge on any atom is -0.383 e. The minimum absolute atomic E-state index is 0.0149. The zero-order chi connectivity index (χ0) is 19.8. The Morgan fingerprint density at radius 1 is 1.19 bits per heavy atom. The standard InChI is InChI=1S/C17H11BrF3N3OS2/c18-10-4-6-11(7-5-10)23-15(25)13-14(22)24(16(26)27-13)12-3-1-2-9(8-12)17(19,20)21/h1-8H,22H2,(H,23,25). The predicted molar refractivity (Wildman–Crippen MR) is 106 cm³/mol. The van der Waals surface area contributed by atoms with Gasteiger partial charge in [0.15, 0.2) is 3.95 Å². The van der Waals surface area contributed by atoms with Crippen molar-refractivity contribution < 1.29 is 18.0 Å². The molecule has 1 heterocycles. The maximum Gasteiger partial charge on any atom is 0.416 e. The average Bonchev–Trinajstić information content (AvgIpc) is 2.91. The van der Waals surface area contributed by atoms with Gasteiger partial charge in [-0.2, -0.15) is 13.2 Å². The molecule has 1 aromatic heterocycles. The summed E-state index contributed by atoms with van der Waals surface area (Å²) in [5.74, 6) is -0.504. The lowest BCUT2D eigenvalue weighted by molar-refractivity contribution is -0.137. The largest absolute Gasteiger partial charge is 0.416 e. The van der Waals surface area contributed by atoms with Crippen molar-refractivity contribution in [1.29, 1.82) is 0 Å². The van der Waals surface area contributed by atoms with Gasteiger partial charge in [0.1, 0.15) is 10.7 Å². The van der Waals surface area contributed by atoms with Crippen LogP contribution in [0.1, 0.15) is 15.2 Å². The number of nitrogen functional groups attached to an aromatic ring is 1. The smallest absolute Gasteiger partial charge is 0.383 e. The normalized spacial score (nSPS) is 11.4. The molecule has 0 spiro atoms. The number of alkyl halides is 3. The van der Waals surface area contributed by atoms with Crippen LogP contribution in [0.5, 0.6) is 0 Å². The summed E-state index contributed by atoms with van der Waals surface area (Å²) in [6.45, 7) is 0. The Labute approximate surface area is 169 Å². The lowest BCUT2D eigenvalue weighted by Gasteiger charge is -2.11. The molecule has 0 aliphatic rings. The molecule has 3 aromatic rings. The van der Waals surface area contributed by atoms with Crippen molar-refractivity contribution in [3.63, 3.8) is 0 Å². The van der Waals surface area contributed by atoms with Gasteiger partial charge in [-0.25, -0.2) is 0 Å². The third kappa shape index (κ3) is 4.23. The number of benzene rings is 2.